The molecule has 4 saturated heterocycles. The van der Waals surface area contributed by atoms with E-state index in [9.17, 15) is 24.3 Å². The number of unbranched alkanes of at least 4 members (excludes halogenated alkanes) is 1. The van der Waals surface area contributed by atoms with Crippen molar-refractivity contribution in [2.45, 2.75) is 73.7 Å². The van der Waals surface area contributed by atoms with E-state index in [1.165, 1.54) is 0 Å². The number of hydrogen-bond donors (Lipinski definition) is 2. The second kappa shape index (κ2) is 17.4. The number of carbonyl (C=O) groups is 4. The van der Waals surface area contributed by atoms with E-state index in [0.29, 0.717) is 64.1 Å². The first-order valence-corrected chi connectivity index (χ1v) is 18.7. The smallest absolute Gasteiger partial charge is 0.313 e. The zero-order chi connectivity index (χ0) is 35.8. The molecule has 4 fully saturated rings. The molecule has 1 unspecified atom stereocenters. The summed E-state index contributed by atoms with van der Waals surface area (Å²) in [5, 5.41) is 12.5. The normalized spacial score (nSPS) is 28.5. The molecule has 274 valence electrons. The number of carbonyl (C=O) groups excluding carboxylic acids is 4. The van der Waals surface area contributed by atoms with Crippen LogP contribution in [-0.4, -0.2) is 131 Å². The number of ether oxygens (including phenoxy) is 3. The summed E-state index contributed by atoms with van der Waals surface area (Å²) in [5.41, 5.74) is -0.551. The van der Waals surface area contributed by atoms with Crippen molar-refractivity contribution in [3.05, 3.63) is 61.2 Å². The Morgan fingerprint density at radius 1 is 1.16 bits per heavy atom. The summed E-state index contributed by atoms with van der Waals surface area (Å²) >= 11 is 3.74. The zero-order valence-corrected chi connectivity index (χ0v) is 30.5. The molecule has 13 heteroatoms. The number of likely N-dealkylation sites (tertiary alicyclic amines) is 1. The third kappa shape index (κ3) is 8.02. The standard InChI is InChI=1S/C37H51BrN4O8/c1-4-6-14-28(44)39-25(3)31(26-12-8-7-9-13-26)49-36(47)29-30-34(45)42(16-10-11-21-43)33(37(30)24-27(38)32(29)50-37)35(46)41(15-5-2)18-17-40-19-22-48-23-20-40/h4-5,7-9,12-13,25,27,29-33,43H,1-2,6,10-11,14-24H2,3H3,(H,39,44)/t25-,27?,29-,30+,31-,32-,33-,37+/m0/s1. The largest absolute Gasteiger partial charge is 0.455 e. The highest BCUT2D eigenvalue weighted by atomic mass is 79.9. The van der Waals surface area contributed by atoms with Crippen molar-refractivity contribution in [1.82, 2.24) is 20.0 Å². The van der Waals surface area contributed by atoms with Crippen molar-refractivity contribution in [3.63, 3.8) is 0 Å². The van der Waals surface area contributed by atoms with Crippen LogP contribution in [0.25, 0.3) is 0 Å². The molecule has 1 aromatic rings. The van der Waals surface area contributed by atoms with Crippen LogP contribution >= 0.6 is 15.9 Å². The Balaban J connectivity index is 1.43. The van der Waals surface area contributed by atoms with E-state index in [1.54, 1.807) is 28.9 Å². The molecule has 1 spiro atoms. The third-order valence-corrected chi connectivity index (χ3v) is 11.2. The van der Waals surface area contributed by atoms with Crippen molar-refractivity contribution in [2.75, 3.05) is 59.1 Å². The number of morpholine rings is 1. The van der Waals surface area contributed by atoms with Gasteiger partial charge < -0.3 is 34.4 Å². The van der Waals surface area contributed by atoms with Gasteiger partial charge in [-0.15, -0.1) is 13.2 Å². The zero-order valence-electron chi connectivity index (χ0n) is 28.9. The van der Waals surface area contributed by atoms with E-state index in [2.05, 4.69) is 39.3 Å². The highest BCUT2D eigenvalue weighted by Crippen LogP contribution is 2.60. The maximum absolute atomic E-state index is 14.7. The van der Waals surface area contributed by atoms with Crippen molar-refractivity contribution < 1.29 is 38.5 Å². The van der Waals surface area contributed by atoms with Crippen LogP contribution in [0.5, 0.6) is 0 Å². The van der Waals surface area contributed by atoms with E-state index in [-0.39, 0.29) is 42.1 Å². The molecule has 8 atom stereocenters. The Bertz CT molecular complexity index is 1380. The van der Waals surface area contributed by atoms with Crippen LogP contribution in [0.4, 0.5) is 0 Å². The summed E-state index contributed by atoms with van der Waals surface area (Å²) in [6, 6.07) is 7.66. The van der Waals surface area contributed by atoms with Gasteiger partial charge in [-0.1, -0.05) is 58.4 Å². The number of fused-ring (bicyclic) bond motifs is 1. The number of nitrogens with zero attached hydrogens (tertiary/aromatic N) is 3. The van der Waals surface area contributed by atoms with E-state index in [1.807, 2.05) is 30.3 Å². The molecule has 12 nitrogen and oxygen atoms in total. The Kier molecular flexibility index (Phi) is 13.3. The summed E-state index contributed by atoms with van der Waals surface area (Å²) < 4.78 is 18.5. The van der Waals surface area contributed by atoms with Gasteiger partial charge in [0.05, 0.1) is 37.2 Å². The molecule has 5 rings (SSSR count). The molecule has 4 heterocycles. The van der Waals surface area contributed by atoms with Gasteiger partial charge in [0, 0.05) is 57.1 Å². The van der Waals surface area contributed by atoms with Gasteiger partial charge in [0.25, 0.3) is 0 Å². The van der Waals surface area contributed by atoms with Gasteiger partial charge in [0.1, 0.15) is 17.7 Å². The molecule has 50 heavy (non-hydrogen) atoms. The van der Waals surface area contributed by atoms with Gasteiger partial charge in [0.2, 0.25) is 17.7 Å². The minimum Gasteiger partial charge on any atom is -0.455 e. The quantitative estimate of drug-likeness (QED) is 0.100. The van der Waals surface area contributed by atoms with Gasteiger partial charge >= 0.3 is 5.97 Å². The number of alkyl halides is 1. The molecule has 2 bridgehead atoms. The fourth-order valence-electron chi connectivity index (χ4n) is 7.96. The number of benzene rings is 1. The van der Waals surface area contributed by atoms with Gasteiger partial charge in [-0.05, 0) is 38.2 Å². The maximum Gasteiger partial charge on any atom is 0.313 e. The van der Waals surface area contributed by atoms with Crippen LogP contribution < -0.4 is 5.32 Å². The molecule has 0 radical (unpaired) electrons. The first-order chi connectivity index (χ1) is 24.2. The van der Waals surface area contributed by atoms with Gasteiger partial charge in [-0.3, -0.25) is 24.1 Å². The van der Waals surface area contributed by atoms with Crippen LogP contribution in [0.3, 0.4) is 0 Å². The first-order valence-electron chi connectivity index (χ1n) is 17.8. The minimum absolute atomic E-state index is 0.0441. The number of amides is 3. The number of hydrogen-bond acceptors (Lipinski definition) is 9. The predicted octanol–water partition coefficient (Wildman–Crippen LogP) is 2.61. The minimum atomic E-state index is -1.25. The Morgan fingerprint density at radius 3 is 2.58 bits per heavy atom. The molecule has 0 aliphatic carbocycles. The Labute approximate surface area is 303 Å². The maximum atomic E-state index is 14.7. The van der Waals surface area contributed by atoms with E-state index in [0.717, 1.165) is 13.1 Å². The molecule has 0 saturated carbocycles. The van der Waals surface area contributed by atoms with Crippen LogP contribution in [0.1, 0.15) is 50.7 Å². The predicted molar refractivity (Wildman–Crippen MR) is 190 cm³/mol. The van der Waals surface area contributed by atoms with Crippen molar-refractivity contribution in [1.29, 1.82) is 0 Å². The molecule has 2 N–H and O–H groups in total. The van der Waals surface area contributed by atoms with E-state index < -0.39 is 47.7 Å². The molecule has 0 aromatic heterocycles. The number of halogens is 1. The van der Waals surface area contributed by atoms with Crippen LogP contribution in [0, 0.1) is 11.8 Å². The molecule has 4 aliphatic rings. The number of rotatable bonds is 18. The van der Waals surface area contributed by atoms with Gasteiger partial charge in [-0.25, -0.2) is 0 Å². The monoisotopic (exact) mass is 758 g/mol. The first kappa shape index (κ1) is 38.1. The molecular weight excluding hydrogens is 708 g/mol. The molecule has 4 aliphatic heterocycles. The van der Waals surface area contributed by atoms with Gasteiger partial charge in [-0.2, -0.15) is 0 Å². The van der Waals surface area contributed by atoms with Crippen molar-refractivity contribution in [3.8, 4) is 0 Å². The Hall–Kier alpha value is -3.10. The number of aliphatic hydroxyl groups is 1. The lowest BCUT2D eigenvalue weighted by atomic mass is 9.70. The van der Waals surface area contributed by atoms with Gasteiger partial charge in [0.15, 0.2) is 0 Å². The number of nitrogens with one attached hydrogen (secondary N) is 1. The third-order valence-electron chi connectivity index (χ3n) is 10.3. The van der Waals surface area contributed by atoms with E-state index in [4.69, 9.17) is 14.2 Å². The lowest BCUT2D eigenvalue weighted by Crippen LogP contribution is -2.57. The highest BCUT2D eigenvalue weighted by Gasteiger charge is 2.77. The van der Waals surface area contributed by atoms with E-state index >= 15 is 0 Å². The second-order valence-electron chi connectivity index (χ2n) is 13.6. The Morgan fingerprint density at radius 2 is 1.90 bits per heavy atom. The summed E-state index contributed by atoms with van der Waals surface area (Å²) in [4.78, 5) is 61.5. The summed E-state index contributed by atoms with van der Waals surface area (Å²) in [6.07, 6.45) is 3.91. The average molecular weight is 760 g/mol. The van der Waals surface area contributed by atoms with Crippen molar-refractivity contribution >= 4 is 39.6 Å². The number of aliphatic hydroxyl groups excluding tert-OH is 1. The summed E-state index contributed by atoms with van der Waals surface area (Å²) in [7, 11) is 0. The lowest BCUT2D eigenvalue weighted by molar-refractivity contribution is -0.162. The molecule has 3 amide bonds. The number of esters is 1. The van der Waals surface area contributed by atoms with Crippen molar-refractivity contribution in [2.24, 2.45) is 11.8 Å². The molecule has 1 aromatic carbocycles. The number of allylic oxidation sites excluding steroid dienone is 1. The fourth-order valence-corrected chi connectivity index (χ4v) is 8.90. The summed E-state index contributed by atoms with van der Waals surface area (Å²) in [6.45, 7) is 13.8. The highest BCUT2D eigenvalue weighted by molar-refractivity contribution is 9.09. The van der Waals surface area contributed by atoms with Crippen LogP contribution in [-0.2, 0) is 33.4 Å². The topological polar surface area (TPSA) is 138 Å². The van der Waals surface area contributed by atoms with Crippen LogP contribution in [0.2, 0.25) is 0 Å². The fraction of sp³-hybridized carbons (Fsp3) is 0.622. The van der Waals surface area contributed by atoms with Crippen LogP contribution in [0.15, 0.2) is 55.6 Å². The lowest BCUT2D eigenvalue weighted by Gasteiger charge is -2.38. The average Bonchev–Trinajstić information content (AvgIpc) is 3.71. The summed E-state index contributed by atoms with van der Waals surface area (Å²) in [5.74, 6) is -3.28. The molecular formula is C37H51BrN4O8. The second-order valence-corrected chi connectivity index (χ2v) is 14.8. The SMILES string of the molecule is C=CCCC(=O)N[C@@H](C)[C@H](OC(=O)[C@@H]1[C@H]2O[C@@]3(CC2Br)[C@H](C(=O)N(CC=C)CCN2CCOCC2)N(CCCCO)C(=O)[C@@H]13)c1ccccc1.